The Morgan fingerprint density at radius 2 is 2.08 bits per heavy atom. The second kappa shape index (κ2) is 5.58. The van der Waals surface area contributed by atoms with Crippen LogP contribution in [0.3, 0.4) is 0 Å². The van der Waals surface area contributed by atoms with Crippen molar-refractivity contribution in [1.82, 2.24) is 5.32 Å². The Morgan fingerprint density at radius 3 is 2.69 bits per heavy atom. The first-order chi connectivity index (χ1) is 6.24. The fourth-order valence-electron chi connectivity index (χ4n) is 1.97. The lowest BCUT2D eigenvalue weighted by Crippen LogP contribution is -2.42. The van der Waals surface area contributed by atoms with Crippen molar-refractivity contribution in [1.29, 1.82) is 0 Å². The Labute approximate surface area is 80.2 Å². The molecule has 1 rings (SSSR count). The van der Waals surface area contributed by atoms with Crippen molar-refractivity contribution in [2.45, 2.75) is 44.8 Å². The van der Waals surface area contributed by atoms with E-state index in [1.54, 1.807) is 0 Å². The van der Waals surface area contributed by atoms with E-state index in [-0.39, 0.29) is 6.61 Å². The number of hydrogen-bond acceptors (Lipinski definition) is 3. The first-order valence-corrected chi connectivity index (χ1v) is 5.26. The molecule has 0 aliphatic heterocycles. The SMILES string of the molecule is CC1CCCCC1NCC(O)CO. The van der Waals surface area contributed by atoms with Gasteiger partial charge in [0, 0.05) is 12.6 Å². The summed E-state index contributed by atoms with van der Waals surface area (Å²) >= 11 is 0. The minimum Gasteiger partial charge on any atom is -0.394 e. The van der Waals surface area contributed by atoms with Gasteiger partial charge in [0.25, 0.3) is 0 Å². The zero-order valence-corrected chi connectivity index (χ0v) is 8.37. The van der Waals surface area contributed by atoms with E-state index in [0.717, 1.165) is 0 Å². The van der Waals surface area contributed by atoms with Crippen LogP contribution in [-0.2, 0) is 0 Å². The van der Waals surface area contributed by atoms with Crippen LogP contribution in [0.1, 0.15) is 32.6 Å². The quantitative estimate of drug-likeness (QED) is 0.601. The molecule has 3 atom stereocenters. The minimum atomic E-state index is -0.603. The van der Waals surface area contributed by atoms with Gasteiger partial charge in [-0.2, -0.15) is 0 Å². The molecule has 0 bridgehead atoms. The van der Waals surface area contributed by atoms with Crippen molar-refractivity contribution < 1.29 is 10.2 Å². The van der Waals surface area contributed by atoms with Gasteiger partial charge in [-0.15, -0.1) is 0 Å². The van der Waals surface area contributed by atoms with Gasteiger partial charge >= 0.3 is 0 Å². The molecule has 13 heavy (non-hydrogen) atoms. The Kier molecular flexibility index (Phi) is 4.70. The van der Waals surface area contributed by atoms with Crippen molar-refractivity contribution in [2.24, 2.45) is 5.92 Å². The Morgan fingerprint density at radius 1 is 1.38 bits per heavy atom. The van der Waals surface area contributed by atoms with Gasteiger partial charge < -0.3 is 15.5 Å². The summed E-state index contributed by atoms with van der Waals surface area (Å²) in [6.45, 7) is 2.63. The van der Waals surface area contributed by atoms with Crippen molar-refractivity contribution in [3.05, 3.63) is 0 Å². The zero-order valence-electron chi connectivity index (χ0n) is 8.37. The topological polar surface area (TPSA) is 52.5 Å². The van der Waals surface area contributed by atoms with Gasteiger partial charge in [-0.05, 0) is 18.8 Å². The molecule has 0 spiro atoms. The molecule has 3 nitrogen and oxygen atoms in total. The van der Waals surface area contributed by atoms with Gasteiger partial charge in [-0.1, -0.05) is 19.8 Å². The second-order valence-corrected chi connectivity index (χ2v) is 4.11. The van der Waals surface area contributed by atoms with Crippen LogP contribution in [-0.4, -0.2) is 35.5 Å². The highest BCUT2D eigenvalue weighted by Gasteiger charge is 2.20. The predicted molar refractivity (Wildman–Crippen MR) is 52.5 cm³/mol. The molecule has 0 heterocycles. The number of rotatable bonds is 4. The van der Waals surface area contributed by atoms with Gasteiger partial charge in [0.05, 0.1) is 12.7 Å². The number of hydrogen-bond donors (Lipinski definition) is 3. The van der Waals surface area contributed by atoms with Crippen LogP contribution in [0.25, 0.3) is 0 Å². The van der Waals surface area contributed by atoms with Crippen molar-refractivity contribution in [3.63, 3.8) is 0 Å². The summed E-state index contributed by atoms with van der Waals surface area (Å²) in [4.78, 5) is 0. The van der Waals surface area contributed by atoms with Crippen molar-refractivity contribution >= 4 is 0 Å². The molecule has 3 N–H and O–H groups in total. The molecule has 0 aromatic rings. The summed E-state index contributed by atoms with van der Waals surface area (Å²) in [7, 11) is 0. The van der Waals surface area contributed by atoms with Crippen molar-refractivity contribution in [2.75, 3.05) is 13.2 Å². The third-order valence-corrected chi connectivity index (χ3v) is 2.94. The first kappa shape index (κ1) is 11.0. The van der Waals surface area contributed by atoms with Crippen LogP contribution in [0, 0.1) is 5.92 Å². The lowest BCUT2D eigenvalue weighted by Gasteiger charge is -2.30. The van der Waals surface area contributed by atoms with Crippen LogP contribution in [0.15, 0.2) is 0 Å². The maximum atomic E-state index is 9.16. The maximum Gasteiger partial charge on any atom is 0.0895 e. The molecule has 1 aliphatic rings. The average molecular weight is 187 g/mol. The number of nitrogens with one attached hydrogen (secondary N) is 1. The normalized spacial score (nSPS) is 31.6. The van der Waals surface area contributed by atoms with Crippen LogP contribution in [0.4, 0.5) is 0 Å². The third-order valence-electron chi connectivity index (χ3n) is 2.94. The van der Waals surface area contributed by atoms with Gasteiger partial charge in [0.2, 0.25) is 0 Å². The summed E-state index contributed by atoms with van der Waals surface area (Å²) < 4.78 is 0. The first-order valence-electron chi connectivity index (χ1n) is 5.26. The molecule has 0 aromatic heterocycles. The van der Waals surface area contributed by atoms with Crippen LogP contribution in [0.2, 0.25) is 0 Å². The summed E-state index contributed by atoms with van der Waals surface area (Å²) in [5.41, 5.74) is 0. The number of aliphatic hydroxyl groups excluding tert-OH is 2. The molecular weight excluding hydrogens is 166 g/mol. The lowest BCUT2D eigenvalue weighted by atomic mass is 9.86. The van der Waals surface area contributed by atoms with Gasteiger partial charge in [0.1, 0.15) is 0 Å². The van der Waals surface area contributed by atoms with Gasteiger partial charge in [-0.3, -0.25) is 0 Å². The zero-order chi connectivity index (χ0) is 9.68. The fraction of sp³-hybridized carbons (Fsp3) is 1.00. The standard InChI is InChI=1S/C10H21NO2/c1-8-4-2-3-5-10(8)11-6-9(13)7-12/h8-13H,2-7H2,1H3. The largest absolute Gasteiger partial charge is 0.394 e. The highest BCUT2D eigenvalue weighted by molar-refractivity contribution is 4.78. The van der Waals surface area contributed by atoms with Crippen LogP contribution < -0.4 is 5.32 Å². The molecule has 3 unspecified atom stereocenters. The smallest absolute Gasteiger partial charge is 0.0895 e. The molecule has 3 heteroatoms. The lowest BCUT2D eigenvalue weighted by molar-refractivity contribution is 0.0876. The predicted octanol–water partition coefficient (Wildman–Crippen LogP) is 0.508. The molecule has 0 aromatic carbocycles. The van der Waals surface area contributed by atoms with Crippen LogP contribution >= 0.6 is 0 Å². The highest BCUT2D eigenvalue weighted by Crippen LogP contribution is 2.23. The van der Waals surface area contributed by atoms with Gasteiger partial charge in [-0.25, -0.2) is 0 Å². The molecule has 0 amide bonds. The Balaban J connectivity index is 2.18. The van der Waals surface area contributed by atoms with E-state index < -0.39 is 6.10 Å². The highest BCUT2D eigenvalue weighted by atomic mass is 16.3. The van der Waals surface area contributed by atoms with E-state index in [0.29, 0.717) is 18.5 Å². The molecule has 0 saturated heterocycles. The monoisotopic (exact) mass is 187 g/mol. The minimum absolute atomic E-state index is 0.145. The Hall–Kier alpha value is -0.120. The van der Waals surface area contributed by atoms with Crippen LogP contribution in [0.5, 0.6) is 0 Å². The summed E-state index contributed by atoms with van der Waals surface area (Å²) in [6, 6.07) is 0.537. The fourth-order valence-corrected chi connectivity index (χ4v) is 1.97. The Bertz CT molecular complexity index is 141. The second-order valence-electron chi connectivity index (χ2n) is 4.11. The maximum absolute atomic E-state index is 9.16. The van der Waals surface area contributed by atoms with E-state index in [2.05, 4.69) is 12.2 Å². The van der Waals surface area contributed by atoms with E-state index in [9.17, 15) is 0 Å². The summed E-state index contributed by atoms with van der Waals surface area (Å²) in [5.74, 6) is 0.708. The summed E-state index contributed by atoms with van der Waals surface area (Å²) in [6.07, 6.45) is 4.51. The molecule has 1 saturated carbocycles. The summed E-state index contributed by atoms with van der Waals surface area (Å²) in [5, 5.41) is 21.1. The van der Waals surface area contributed by atoms with E-state index in [1.165, 1.54) is 25.7 Å². The van der Waals surface area contributed by atoms with Crippen molar-refractivity contribution in [3.8, 4) is 0 Å². The van der Waals surface area contributed by atoms with E-state index in [4.69, 9.17) is 10.2 Å². The van der Waals surface area contributed by atoms with E-state index >= 15 is 0 Å². The molecule has 78 valence electrons. The van der Waals surface area contributed by atoms with E-state index in [1.807, 2.05) is 0 Å². The molecule has 1 fully saturated rings. The average Bonchev–Trinajstić information content (AvgIpc) is 2.16. The van der Waals surface area contributed by atoms with Gasteiger partial charge in [0.15, 0.2) is 0 Å². The molecular formula is C10H21NO2. The third kappa shape index (κ3) is 3.63. The molecule has 1 aliphatic carbocycles. The number of aliphatic hydroxyl groups is 2. The molecule has 0 radical (unpaired) electrons.